The third-order valence-corrected chi connectivity index (χ3v) is 4.60. The minimum Gasteiger partial charge on any atom is -0.321 e. The molecule has 0 saturated carbocycles. The van der Waals surface area contributed by atoms with Gasteiger partial charge in [-0.05, 0) is 23.6 Å². The fourth-order valence-corrected chi connectivity index (χ4v) is 3.24. The third-order valence-electron chi connectivity index (χ3n) is 3.53. The lowest BCUT2D eigenvalue weighted by Gasteiger charge is -2.11. The van der Waals surface area contributed by atoms with Gasteiger partial charge in [-0.2, -0.15) is 0 Å². The van der Waals surface area contributed by atoms with E-state index in [4.69, 9.17) is 0 Å². The number of amides is 1. The average Bonchev–Trinajstić information content (AvgIpc) is 2.60. The minimum atomic E-state index is -0.0893. The van der Waals surface area contributed by atoms with Crippen molar-refractivity contribution in [2.45, 2.75) is 4.90 Å². The molecule has 0 spiro atoms. The first-order valence-electron chi connectivity index (χ1n) is 7.41. The summed E-state index contributed by atoms with van der Waals surface area (Å²) in [7, 11) is 0. The number of carbonyl (C=O) groups excluding carboxylic acids is 1. The van der Waals surface area contributed by atoms with Crippen molar-refractivity contribution in [2.24, 2.45) is 0 Å². The Balaban J connectivity index is 1.91. The highest BCUT2D eigenvalue weighted by molar-refractivity contribution is 7.99. The van der Waals surface area contributed by atoms with E-state index in [0.29, 0.717) is 5.56 Å². The molecular formula is C20H17NOS. The van der Waals surface area contributed by atoms with Crippen LogP contribution in [0.25, 0.3) is 10.8 Å². The van der Waals surface area contributed by atoms with Crippen LogP contribution in [0.1, 0.15) is 10.4 Å². The van der Waals surface area contributed by atoms with Gasteiger partial charge in [0, 0.05) is 21.7 Å². The molecule has 2 nitrogen and oxygen atoms in total. The molecule has 3 rings (SSSR count). The molecule has 1 amide bonds. The van der Waals surface area contributed by atoms with Gasteiger partial charge in [-0.1, -0.05) is 54.6 Å². The van der Waals surface area contributed by atoms with Crippen molar-refractivity contribution in [3.8, 4) is 0 Å². The molecule has 0 aliphatic rings. The Morgan fingerprint density at radius 1 is 1.00 bits per heavy atom. The molecule has 3 aromatic rings. The number of hydrogen-bond donors (Lipinski definition) is 1. The highest BCUT2D eigenvalue weighted by atomic mass is 32.2. The zero-order valence-corrected chi connectivity index (χ0v) is 13.5. The number of carbonyl (C=O) groups is 1. The second-order valence-electron chi connectivity index (χ2n) is 5.08. The molecule has 0 radical (unpaired) electrons. The van der Waals surface area contributed by atoms with Crippen LogP contribution in [-0.4, -0.2) is 11.7 Å². The van der Waals surface area contributed by atoms with Gasteiger partial charge in [0.2, 0.25) is 0 Å². The second kappa shape index (κ2) is 7.16. The van der Waals surface area contributed by atoms with Gasteiger partial charge in [-0.25, -0.2) is 0 Å². The fraction of sp³-hybridized carbons (Fsp3) is 0.0500. The van der Waals surface area contributed by atoms with Gasteiger partial charge in [-0.15, -0.1) is 18.3 Å². The first-order valence-corrected chi connectivity index (χ1v) is 8.40. The summed E-state index contributed by atoms with van der Waals surface area (Å²) in [5.74, 6) is 0.687. The van der Waals surface area contributed by atoms with E-state index in [1.54, 1.807) is 11.8 Å². The van der Waals surface area contributed by atoms with Crippen LogP contribution in [0.5, 0.6) is 0 Å². The molecule has 0 saturated heterocycles. The van der Waals surface area contributed by atoms with Gasteiger partial charge in [0.1, 0.15) is 0 Å². The molecule has 0 bridgehead atoms. The topological polar surface area (TPSA) is 29.1 Å². The number of rotatable bonds is 5. The van der Waals surface area contributed by atoms with Crippen molar-refractivity contribution >= 4 is 34.1 Å². The summed E-state index contributed by atoms with van der Waals surface area (Å²) in [6, 6.07) is 21.6. The van der Waals surface area contributed by atoms with Crippen LogP contribution in [0.3, 0.4) is 0 Å². The summed E-state index contributed by atoms with van der Waals surface area (Å²) in [6.45, 7) is 3.73. The molecule has 0 aliphatic heterocycles. The molecule has 23 heavy (non-hydrogen) atoms. The van der Waals surface area contributed by atoms with Crippen molar-refractivity contribution in [2.75, 3.05) is 11.1 Å². The highest BCUT2D eigenvalue weighted by Crippen LogP contribution is 2.26. The molecular weight excluding hydrogens is 302 g/mol. The number of fused-ring (bicyclic) bond motifs is 1. The molecule has 0 atom stereocenters. The smallest absolute Gasteiger partial charge is 0.256 e. The maximum atomic E-state index is 12.7. The van der Waals surface area contributed by atoms with Crippen molar-refractivity contribution < 1.29 is 4.79 Å². The zero-order valence-electron chi connectivity index (χ0n) is 12.7. The van der Waals surface area contributed by atoms with Crippen molar-refractivity contribution in [3.05, 3.63) is 84.9 Å². The van der Waals surface area contributed by atoms with Crippen LogP contribution < -0.4 is 5.32 Å². The van der Waals surface area contributed by atoms with E-state index in [2.05, 4.69) is 11.9 Å². The Bertz CT molecular complexity index is 852. The highest BCUT2D eigenvalue weighted by Gasteiger charge is 2.12. The summed E-state index contributed by atoms with van der Waals surface area (Å²) in [5, 5.41) is 5.19. The van der Waals surface area contributed by atoms with E-state index >= 15 is 0 Å². The number of benzene rings is 3. The van der Waals surface area contributed by atoms with E-state index in [1.165, 1.54) is 0 Å². The van der Waals surface area contributed by atoms with E-state index in [9.17, 15) is 4.79 Å². The van der Waals surface area contributed by atoms with Gasteiger partial charge >= 0.3 is 0 Å². The van der Waals surface area contributed by atoms with Crippen LogP contribution in [-0.2, 0) is 0 Å². The Hall–Kier alpha value is -2.52. The monoisotopic (exact) mass is 319 g/mol. The summed E-state index contributed by atoms with van der Waals surface area (Å²) < 4.78 is 0. The lowest BCUT2D eigenvalue weighted by molar-refractivity contribution is 0.102. The van der Waals surface area contributed by atoms with Crippen LogP contribution in [0.15, 0.2) is 84.3 Å². The lowest BCUT2D eigenvalue weighted by atomic mass is 10.1. The van der Waals surface area contributed by atoms with E-state index < -0.39 is 0 Å². The van der Waals surface area contributed by atoms with Crippen molar-refractivity contribution in [1.82, 2.24) is 0 Å². The van der Waals surface area contributed by atoms with Gasteiger partial charge in [0.05, 0.1) is 5.56 Å². The number of thioether (sulfide) groups is 1. The van der Waals surface area contributed by atoms with E-state index in [1.807, 2.05) is 72.8 Å². The maximum absolute atomic E-state index is 12.7. The Morgan fingerprint density at radius 3 is 2.61 bits per heavy atom. The molecule has 0 heterocycles. The number of anilines is 1. The normalized spacial score (nSPS) is 10.4. The van der Waals surface area contributed by atoms with Gasteiger partial charge in [-0.3, -0.25) is 4.79 Å². The largest absolute Gasteiger partial charge is 0.321 e. The van der Waals surface area contributed by atoms with Gasteiger partial charge in [0.25, 0.3) is 5.91 Å². The summed E-state index contributed by atoms with van der Waals surface area (Å²) in [5.41, 5.74) is 1.52. The minimum absolute atomic E-state index is 0.0893. The van der Waals surface area contributed by atoms with Crippen LogP contribution in [0.4, 0.5) is 5.69 Å². The lowest BCUT2D eigenvalue weighted by Crippen LogP contribution is -2.13. The van der Waals surface area contributed by atoms with Gasteiger partial charge < -0.3 is 5.32 Å². The molecule has 0 fully saturated rings. The molecule has 114 valence electrons. The average molecular weight is 319 g/mol. The predicted molar refractivity (Wildman–Crippen MR) is 99.3 cm³/mol. The molecule has 1 N–H and O–H groups in total. The summed E-state index contributed by atoms with van der Waals surface area (Å²) in [4.78, 5) is 13.7. The Labute approximate surface area is 140 Å². The van der Waals surface area contributed by atoms with Gasteiger partial charge in [0.15, 0.2) is 0 Å². The second-order valence-corrected chi connectivity index (χ2v) is 6.14. The van der Waals surface area contributed by atoms with Crippen LogP contribution >= 0.6 is 11.8 Å². The zero-order chi connectivity index (χ0) is 16.1. The first-order chi connectivity index (χ1) is 11.3. The standard InChI is InChI=1S/C20H17NOS/c1-2-14-23-19-13-6-5-11-17(19)20(22)21-18-12-7-9-15-8-3-4-10-16(15)18/h2-13H,1,14H2,(H,21,22). The first kappa shape index (κ1) is 15.4. The maximum Gasteiger partial charge on any atom is 0.256 e. The summed E-state index contributed by atoms with van der Waals surface area (Å²) >= 11 is 1.61. The SMILES string of the molecule is C=CCSc1ccccc1C(=O)Nc1cccc2ccccc12. The quantitative estimate of drug-likeness (QED) is 0.506. The Kier molecular flexibility index (Phi) is 4.79. The van der Waals surface area contributed by atoms with Crippen molar-refractivity contribution in [1.29, 1.82) is 0 Å². The van der Waals surface area contributed by atoms with Crippen LogP contribution in [0.2, 0.25) is 0 Å². The van der Waals surface area contributed by atoms with E-state index in [-0.39, 0.29) is 5.91 Å². The summed E-state index contributed by atoms with van der Waals surface area (Å²) in [6.07, 6.45) is 1.84. The van der Waals surface area contributed by atoms with E-state index in [0.717, 1.165) is 27.1 Å². The number of nitrogens with one attached hydrogen (secondary N) is 1. The van der Waals surface area contributed by atoms with Crippen LogP contribution in [0, 0.1) is 0 Å². The molecule has 0 unspecified atom stereocenters. The molecule has 0 aromatic heterocycles. The van der Waals surface area contributed by atoms with Crippen molar-refractivity contribution in [3.63, 3.8) is 0 Å². The molecule has 0 aliphatic carbocycles. The molecule has 3 heteroatoms. The third kappa shape index (κ3) is 3.46. The molecule has 3 aromatic carbocycles. The fourth-order valence-electron chi connectivity index (χ4n) is 2.45. The Morgan fingerprint density at radius 2 is 1.74 bits per heavy atom. The predicted octanol–water partition coefficient (Wildman–Crippen LogP) is 5.37. The number of hydrogen-bond acceptors (Lipinski definition) is 2.